The van der Waals surface area contributed by atoms with Gasteiger partial charge in [-0.3, -0.25) is 19.5 Å². The number of halogens is 2. The summed E-state index contributed by atoms with van der Waals surface area (Å²) in [5.74, 6) is -1.51. The summed E-state index contributed by atoms with van der Waals surface area (Å²) < 4.78 is 14.1. The number of hydrazine groups is 1. The first-order valence-corrected chi connectivity index (χ1v) is 10.5. The molecule has 2 aliphatic rings. The second kappa shape index (κ2) is 8.11. The van der Waals surface area contributed by atoms with Crippen molar-refractivity contribution < 1.29 is 14.0 Å². The van der Waals surface area contributed by atoms with Crippen molar-refractivity contribution in [1.29, 1.82) is 0 Å². The lowest BCUT2D eigenvalue weighted by Crippen LogP contribution is -2.37. The van der Waals surface area contributed by atoms with E-state index in [1.165, 1.54) is 12.1 Å². The highest BCUT2D eigenvalue weighted by molar-refractivity contribution is 6.35. The van der Waals surface area contributed by atoms with Gasteiger partial charge in [0.05, 0.1) is 33.2 Å². The molecule has 2 aliphatic heterocycles. The van der Waals surface area contributed by atoms with Crippen molar-refractivity contribution in [2.45, 2.75) is 6.92 Å². The fourth-order valence-electron chi connectivity index (χ4n) is 3.89. The normalized spacial score (nSPS) is 13.7. The molecule has 0 unspecified atom stereocenters. The van der Waals surface area contributed by atoms with Crippen LogP contribution < -0.4 is 20.7 Å². The second-order valence-electron chi connectivity index (χ2n) is 7.60. The number of anilines is 3. The van der Waals surface area contributed by atoms with Crippen LogP contribution in [-0.4, -0.2) is 11.8 Å². The molecule has 0 bridgehead atoms. The molecule has 6 nitrogen and oxygen atoms in total. The number of hydrogen-bond acceptors (Lipinski definition) is 4. The Morgan fingerprint density at radius 3 is 2.58 bits per heavy atom. The number of nitrogens with zero attached hydrogens (tertiary/aromatic N) is 2. The van der Waals surface area contributed by atoms with Gasteiger partial charge in [-0.05, 0) is 55.0 Å². The molecule has 0 atom stereocenters. The standard InChI is InChI=1S/C25H18ClFN4O2/c1-15-5-4-6-20(27)23(15)24(32)29-16-9-10-18(19(26)13-16)25(33)30-14-17-11-12-28-31(17)22-8-3-2-7-21(22)30/h2-14,28H,1H3,(H,29,32). The highest BCUT2D eigenvalue weighted by Gasteiger charge is 2.30. The maximum Gasteiger partial charge on any atom is 0.263 e. The zero-order valence-electron chi connectivity index (χ0n) is 17.5. The molecule has 0 spiro atoms. The smallest absolute Gasteiger partial charge is 0.263 e. The average molecular weight is 461 g/mol. The fraction of sp³-hybridized carbons (Fsp3) is 0.0400. The van der Waals surface area contributed by atoms with Gasteiger partial charge in [0.25, 0.3) is 11.8 Å². The molecular weight excluding hydrogens is 443 g/mol. The minimum atomic E-state index is -0.605. The molecule has 2 N–H and O–H groups in total. The SMILES string of the molecule is Cc1cccc(F)c1C(=O)Nc1ccc(C(=O)N2C=C3C=CNN3c3ccccc32)c(Cl)c1. The molecular formula is C25H18ClFN4O2. The van der Waals surface area contributed by atoms with Crippen LogP contribution in [0.3, 0.4) is 0 Å². The Bertz CT molecular complexity index is 1350. The van der Waals surface area contributed by atoms with E-state index in [1.807, 2.05) is 35.4 Å². The molecule has 3 aromatic rings. The molecule has 2 amide bonds. The predicted molar refractivity (Wildman–Crippen MR) is 127 cm³/mol. The zero-order valence-corrected chi connectivity index (χ0v) is 18.2. The first kappa shape index (κ1) is 20.8. The van der Waals surface area contributed by atoms with Crippen molar-refractivity contribution >= 4 is 40.5 Å². The number of nitrogens with one attached hydrogen (secondary N) is 2. The lowest BCUT2D eigenvalue weighted by molar-refractivity contribution is 0.0995. The van der Waals surface area contributed by atoms with E-state index < -0.39 is 11.7 Å². The van der Waals surface area contributed by atoms with Crippen molar-refractivity contribution in [1.82, 2.24) is 5.43 Å². The molecule has 164 valence electrons. The summed E-state index contributed by atoms with van der Waals surface area (Å²) in [4.78, 5) is 27.5. The Morgan fingerprint density at radius 2 is 1.82 bits per heavy atom. The third kappa shape index (κ3) is 3.62. The van der Waals surface area contributed by atoms with Gasteiger partial charge in [-0.1, -0.05) is 35.9 Å². The van der Waals surface area contributed by atoms with E-state index in [-0.39, 0.29) is 22.1 Å². The number of amides is 2. The van der Waals surface area contributed by atoms with Gasteiger partial charge in [-0.2, -0.15) is 0 Å². The Balaban J connectivity index is 1.43. The van der Waals surface area contributed by atoms with Gasteiger partial charge in [-0.25, -0.2) is 4.39 Å². The predicted octanol–water partition coefficient (Wildman–Crippen LogP) is 5.38. The summed E-state index contributed by atoms with van der Waals surface area (Å²) in [5, 5.41) is 4.70. The zero-order chi connectivity index (χ0) is 23.1. The van der Waals surface area contributed by atoms with E-state index >= 15 is 0 Å². The maximum absolute atomic E-state index is 14.1. The van der Waals surface area contributed by atoms with Gasteiger partial charge in [0.2, 0.25) is 0 Å². The number of rotatable bonds is 3. The second-order valence-corrected chi connectivity index (χ2v) is 8.00. The summed E-state index contributed by atoms with van der Waals surface area (Å²) in [6.07, 6.45) is 5.38. The number of hydrogen-bond donors (Lipinski definition) is 2. The van der Waals surface area contributed by atoms with Crippen LogP contribution in [0.5, 0.6) is 0 Å². The van der Waals surface area contributed by atoms with Crippen molar-refractivity contribution in [3.05, 3.63) is 112 Å². The fourth-order valence-corrected chi connectivity index (χ4v) is 4.15. The van der Waals surface area contributed by atoms with E-state index in [4.69, 9.17) is 11.6 Å². The molecule has 0 fully saturated rings. The van der Waals surface area contributed by atoms with Crippen LogP contribution in [-0.2, 0) is 0 Å². The van der Waals surface area contributed by atoms with Crippen molar-refractivity contribution in [2.75, 3.05) is 15.2 Å². The summed E-state index contributed by atoms with van der Waals surface area (Å²) >= 11 is 6.44. The van der Waals surface area contributed by atoms with E-state index in [9.17, 15) is 14.0 Å². The number of fused-ring (bicyclic) bond motifs is 3. The first-order chi connectivity index (χ1) is 15.9. The third-order valence-corrected chi connectivity index (χ3v) is 5.80. The van der Waals surface area contributed by atoms with Gasteiger partial charge in [0.15, 0.2) is 0 Å². The van der Waals surface area contributed by atoms with Crippen molar-refractivity contribution in [3.63, 3.8) is 0 Å². The number of allylic oxidation sites excluding steroid dienone is 1. The highest BCUT2D eigenvalue weighted by atomic mass is 35.5. The van der Waals surface area contributed by atoms with Gasteiger partial charge in [0.1, 0.15) is 5.82 Å². The molecule has 33 heavy (non-hydrogen) atoms. The first-order valence-electron chi connectivity index (χ1n) is 10.2. The van der Waals surface area contributed by atoms with Crippen LogP contribution in [0.25, 0.3) is 0 Å². The summed E-state index contributed by atoms with van der Waals surface area (Å²) in [6.45, 7) is 1.66. The van der Waals surface area contributed by atoms with E-state index in [0.717, 1.165) is 11.4 Å². The van der Waals surface area contributed by atoms with Crippen LogP contribution >= 0.6 is 11.6 Å². The molecule has 8 heteroatoms. The number of para-hydroxylation sites is 2. The monoisotopic (exact) mass is 460 g/mol. The Hall–Kier alpha value is -4.10. The van der Waals surface area contributed by atoms with E-state index in [0.29, 0.717) is 16.9 Å². The Kier molecular flexibility index (Phi) is 5.11. The largest absolute Gasteiger partial charge is 0.322 e. The van der Waals surface area contributed by atoms with E-state index in [1.54, 1.807) is 48.5 Å². The average Bonchev–Trinajstić information content (AvgIpc) is 3.27. The quantitative estimate of drug-likeness (QED) is 0.550. The lowest BCUT2D eigenvalue weighted by atomic mass is 10.1. The van der Waals surface area contributed by atoms with Crippen LogP contribution in [0.4, 0.5) is 21.5 Å². The number of benzene rings is 3. The molecule has 0 aromatic heterocycles. The Labute approximate surface area is 194 Å². The molecule has 0 saturated heterocycles. The molecule has 5 rings (SSSR count). The number of carbonyl (C=O) groups excluding carboxylic acids is 2. The van der Waals surface area contributed by atoms with Gasteiger partial charge in [-0.15, -0.1) is 0 Å². The molecule has 3 aromatic carbocycles. The van der Waals surface area contributed by atoms with Crippen LogP contribution in [0, 0.1) is 12.7 Å². The van der Waals surface area contributed by atoms with Crippen LogP contribution in [0.1, 0.15) is 26.3 Å². The van der Waals surface area contributed by atoms with Crippen LogP contribution in [0.2, 0.25) is 5.02 Å². The lowest BCUT2D eigenvalue weighted by Gasteiger charge is -2.33. The minimum absolute atomic E-state index is 0.0342. The molecule has 0 aliphatic carbocycles. The van der Waals surface area contributed by atoms with Crippen molar-refractivity contribution in [3.8, 4) is 0 Å². The summed E-state index contributed by atoms with van der Waals surface area (Å²) in [5.41, 5.74) is 6.57. The Morgan fingerprint density at radius 1 is 1.03 bits per heavy atom. The maximum atomic E-state index is 14.1. The molecule has 0 radical (unpaired) electrons. The van der Waals surface area contributed by atoms with Gasteiger partial charge >= 0.3 is 0 Å². The number of aryl methyl sites for hydroxylation is 1. The highest BCUT2D eigenvalue weighted by Crippen LogP contribution is 2.38. The van der Waals surface area contributed by atoms with Gasteiger partial charge < -0.3 is 10.7 Å². The summed E-state index contributed by atoms with van der Waals surface area (Å²) in [7, 11) is 0. The molecule has 0 saturated carbocycles. The molecule has 2 heterocycles. The minimum Gasteiger partial charge on any atom is -0.322 e. The number of carbonyl (C=O) groups is 2. The topological polar surface area (TPSA) is 64.7 Å². The van der Waals surface area contributed by atoms with E-state index in [2.05, 4.69) is 10.7 Å². The third-order valence-electron chi connectivity index (χ3n) is 5.48. The van der Waals surface area contributed by atoms with Gasteiger partial charge in [0, 0.05) is 18.1 Å². The van der Waals surface area contributed by atoms with Crippen LogP contribution in [0.15, 0.2) is 84.8 Å². The van der Waals surface area contributed by atoms with Crippen molar-refractivity contribution in [2.24, 2.45) is 0 Å². The summed E-state index contributed by atoms with van der Waals surface area (Å²) in [6, 6.07) is 16.5.